The molecule has 5 heteroatoms. The summed E-state index contributed by atoms with van der Waals surface area (Å²) < 4.78 is 10.8. The van der Waals surface area contributed by atoms with E-state index in [0.29, 0.717) is 23.9 Å². The maximum Gasteiger partial charge on any atom is 0.258 e. The molecule has 23 heavy (non-hydrogen) atoms. The number of halogens is 1. The lowest BCUT2D eigenvalue weighted by atomic mass is 10.2. The summed E-state index contributed by atoms with van der Waals surface area (Å²) in [6.45, 7) is 4.89. The normalized spacial score (nSPS) is 10.2. The second kappa shape index (κ2) is 8.44. The molecular formula is C18H20ClNO3. The highest BCUT2D eigenvalue weighted by Crippen LogP contribution is 2.20. The Morgan fingerprint density at radius 3 is 2.43 bits per heavy atom. The third-order valence-electron chi connectivity index (χ3n) is 3.22. The molecule has 0 fully saturated rings. The summed E-state index contributed by atoms with van der Waals surface area (Å²) in [6, 6.07) is 12.9. The van der Waals surface area contributed by atoms with Crippen LogP contribution in [0, 0.1) is 6.92 Å². The fourth-order valence-electron chi connectivity index (χ4n) is 1.98. The van der Waals surface area contributed by atoms with E-state index >= 15 is 0 Å². The minimum atomic E-state index is -0.175. The number of carbonyl (C=O) groups excluding carboxylic acids is 1. The lowest BCUT2D eigenvalue weighted by molar-refractivity contribution is -0.123. The van der Waals surface area contributed by atoms with Crippen LogP contribution in [-0.4, -0.2) is 19.1 Å². The average Bonchev–Trinajstić information content (AvgIpc) is 2.55. The maximum absolute atomic E-state index is 11.8. The molecule has 0 spiro atoms. The lowest BCUT2D eigenvalue weighted by Crippen LogP contribution is -2.28. The molecule has 1 N–H and O–H groups in total. The molecule has 2 rings (SSSR count). The van der Waals surface area contributed by atoms with Crippen molar-refractivity contribution in [1.29, 1.82) is 0 Å². The van der Waals surface area contributed by atoms with E-state index in [1.54, 1.807) is 12.1 Å². The molecule has 0 radical (unpaired) electrons. The minimum Gasteiger partial charge on any atom is -0.494 e. The van der Waals surface area contributed by atoms with Crippen LogP contribution in [-0.2, 0) is 11.3 Å². The monoisotopic (exact) mass is 333 g/mol. The SMILES string of the molecule is CCOc1ccc(CNC(=O)COc2ccc(Cl)c(C)c2)cc1. The van der Waals surface area contributed by atoms with E-state index in [9.17, 15) is 4.79 Å². The molecule has 0 aliphatic heterocycles. The first-order valence-electron chi connectivity index (χ1n) is 7.46. The van der Waals surface area contributed by atoms with Crippen molar-refractivity contribution in [2.45, 2.75) is 20.4 Å². The summed E-state index contributed by atoms with van der Waals surface area (Å²) >= 11 is 5.95. The van der Waals surface area contributed by atoms with Crippen LogP contribution in [0.4, 0.5) is 0 Å². The zero-order valence-electron chi connectivity index (χ0n) is 13.3. The molecule has 0 atom stereocenters. The van der Waals surface area contributed by atoms with Crippen molar-refractivity contribution in [3.8, 4) is 11.5 Å². The smallest absolute Gasteiger partial charge is 0.258 e. The predicted molar refractivity (Wildman–Crippen MR) is 91.1 cm³/mol. The van der Waals surface area contributed by atoms with E-state index in [1.807, 2.05) is 44.2 Å². The number of carbonyl (C=O) groups is 1. The first-order valence-corrected chi connectivity index (χ1v) is 7.83. The van der Waals surface area contributed by atoms with Crippen molar-refractivity contribution < 1.29 is 14.3 Å². The molecule has 0 bridgehead atoms. The number of aryl methyl sites for hydroxylation is 1. The quantitative estimate of drug-likeness (QED) is 0.839. The summed E-state index contributed by atoms with van der Waals surface area (Å²) in [5, 5.41) is 3.49. The van der Waals surface area contributed by atoms with Crippen LogP contribution in [0.25, 0.3) is 0 Å². The summed E-state index contributed by atoms with van der Waals surface area (Å²) in [7, 11) is 0. The number of nitrogens with one attached hydrogen (secondary N) is 1. The summed E-state index contributed by atoms with van der Waals surface area (Å²) in [5.74, 6) is 1.28. The average molecular weight is 334 g/mol. The first-order chi connectivity index (χ1) is 11.1. The number of benzene rings is 2. The first kappa shape index (κ1) is 17.2. The van der Waals surface area contributed by atoms with Gasteiger partial charge >= 0.3 is 0 Å². The molecule has 0 unspecified atom stereocenters. The van der Waals surface area contributed by atoms with E-state index in [1.165, 1.54) is 0 Å². The van der Waals surface area contributed by atoms with E-state index in [0.717, 1.165) is 16.9 Å². The fourth-order valence-corrected chi connectivity index (χ4v) is 2.10. The molecule has 0 aliphatic carbocycles. The lowest BCUT2D eigenvalue weighted by Gasteiger charge is -2.09. The van der Waals surface area contributed by atoms with E-state index < -0.39 is 0 Å². The van der Waals surface area contributed by atoms with E-state index in [2.05, 4.69) is 5.32 Å². The Bertz CT molecular complexity index is 656. The number of rotatable bonds is 7. The van der Waals surface area contributed by atoms with Crippen molar-refractivity contribution in [1.82, 2.24) is 5.32 Å². The molecule has 1 amide bonds. The Kier molecular flexibility index (Phi) is 6.29. The Hall–Kier alpha value is -2.20. The highest BCUT2D eigenvalue weighted by molar-refractivity contribution is 6.31. The molecule has 0 saturated carbocycles. The van der Waals surface area contributed by atoms with Crippen LogP contribution in [0.2, 0.25) is 5.02 Å². The molecule has 2 aromatic rings. The van der Waals surface area contributed by atoms with Crippen LogP contribution < -0.4 is 14.8 Å². The molecule has 0 aliphatic rings. The van der Waals surface area contributed by atoms with Gasteiger partial charge < -0.3 is 14.8 Å². The number of hydrogen-bond acceptors (Lipinski definition) is 3. The second-order valence-electron chi connectivity index (χ2n) is 5.05. The van der Waals surface area contributed by atoms with Gasteiger partial charge in [0.05, 0.1) is 6.61 Å². The highest BCUT2D eigenvalue weighted by atomic mass is 35.5. The van der Waals surface area contributed by atoms with Gasteiger partial charge in [-0.2, -0.15) is 0 Å². The zero-order valence-corrected chi connectivity index (χ0v) is 14.0. The molecule has 4 nitrogen and oxygen atoms in total. The van der Waals surface area contributed by atoms with Crippen LogP contribution in [0.1, 0.15) is 18.1 Å². The Balaban J connectivity index is 1.77. The Morgan fingerprint density at radius 1 is 1.09 bits per heavy atom. The van der Waals surface area contributed by atoms with Gasteiger partial charge in [-0.15, -0.1) is 0 Å². The number of ether oxygens (including phenoxy) is 2. The second-order valence-corrected chi connectivity index (χ2v) is 5.46. The van der Waals surface area contributed by atoms with Gasteiger partial charge in [0.15, 0.2) is 6.61 Å². The van der Waals surface area contributed by atoms with Crippen molar-refractivity contribution in [2.24, 2.45) is 0 Å². The van der Waals surface area contributed by atoms with Crippen molar-refractivity contribution in [2.75, 3.05) is 13.2 Å². The van der Waals surface area contributed by atoms with Crippen molar-refractivity contribution in [3.05, 3.63) is 58.6 Å². The number of hydrogen-bond donors (Lipinski definition) is 1. The minimum absolute atomic E-state index is 0.0297. The van der Waals surface area contributed by atoms with Crippen molar-refractivity contribution in [3.63, 3.8) is 0 Å². The molecule has 0 aromatic heterocycles. The third-order valence-corrected chi connectivity index (χ3v) is 3.65. The van der Waals surface area contributed by atoms with Crippen LogP contribution in [0.5, 0.6) is 11.5 Å². The Morgan fingerprint density at radius 2 is 1.78 bits per heavy atom. The molecule has 0 saturated heterocycles. The number of amides is 1. The summed E-state index contributed by atoms with van der Waals surface area (Å²) in [4.78, 5) is 11.8. The van der Waals surface area contributed by atoms with Gasteiger partial charge in [-0.25, -0.2) is 0 Å². The van der Waals surface area contributed by atoms with E-state index in [4.69, 9.17) is 21.1 Å². The van der Waals surface area contributed by atoms with Gasteiger partial charge in [-0.05, 0) is 55.3 Å². The fraction of sp³-hybridized carbons (Fsp3) is 0.278. The van der Waals surface area contributed by atoms with Gasteiger partial charge in [0.2, 0.25) is 0 Å². The van der Waals surface area contributed by atoms with Gasteiger partial charge in [-0.3, -0.25) is 4.79 Å². The maximum atomic E-state index is 11.8. The standard InChI is InChI=1S/C18H20ClNO3/c1-3-22-15-6-4-14(5-7-15)11-20-18(21)12-23-16-8-9-17(19)13(2)10-16/h4-10H,3,11-12H2,1-2H3,(H,20,21). The highest BCUT2D eigenvalue weighted by Gasteiger charge is 2.04. The Labute approximate surface area is 141 Å². The summed E-state index contributed by atoms with van der Waals surface area (Å²) in [5.41, 5.74) is 1.92. The predicted octanol–water partition coefficient (Wildman–Crippen LogP) is 3.74. The molecular weight excluding hydrogens is 314 g/mol. The van der Waals surface area contributed by atoms with Crippen LogP contribution >= 0.6 is 11.6 Å². The van der Waals surface area contributed by atoms with Crippen LogP contribution in [0.3, 0.4) is 0 Å². The summed E-state index contributed by atoms with van der Waals surface area (Å²) in [6.07, 6.45) is 0. The van der Waals surface area contributed by atoms with Gasteiger partial charge in [0.1, 0.15) is 11.5 Å². The molecule has 2 aromatic carbocycles. The van der Waals surface area contributed by atoms with Gasteiger partial charge in [0.25, 0.3) is 5.91 Å². The van der Waals surface area contributed by atoms with Crippen LogP contribution in [0.15, 0.2) is 42.5 Å². The topological polar surface area (TPSA) is 47.6 Å². The largest absolute Gasteiger partial charge is 0.494 e. The van der Waals surface area contributed by atoms with E-state index in [-0.39, 0.29) is 12.5 Å². The van der Waals surface area contributed by atoms with Crippen molar-refractivity contribution >= 4 is 17.5 Å². The zero-order chi connectivity index (χ0) is 16.7. The van der Waals surface area contributed by atoms with Gasteiger partial charge in [-0.1, -0.05) is 23.7 Å². The molecule has 0 heterocycles. The molecule has 122 valence electrons. The third kappa shape index (κ3) is 5.49. The van der Waals surface area contributed by atoms with Gasteiger partial charge in [0, 0.05) is 11.6 Å².